The number of likely N-dealkylation sites (tertiary alicyclic amines) is 1. The molecule has 1 aliphatic rings. The van der Waals surface area contributed by atoms with Crippen molar-refractivity contribution in [3.05, 3.63) is 53.7 Å². The number of hydrogen-bond donors (Lipinski definition) is 2. The van der Waals surface area contributed by atoms with E-state index in [4.69, 9.17) is 14.7 Å². The monoisotopic (exact) mass is 619 g/mol. The molecule has 1 atom stereocenters. The van der Waals surface area contributed by atoms with Crippen molar-refractivity contribution in [1.29, 1.82) is 0 Å². The van der Waals surface area contributed by atoms with Crippen LogP contribution in [0.25, 0.3) is 5.65 Å². The van der Waals surface area contributed by atoms with Gasteiger partial charge in [0, 0.05) is 55.1 Å². The van der Waals surface area contributed by atoms with E-state index in [9.17, 15) is 9.59 Å². The summed E-state index contributed by atoms with van der Waals surface area (Å²) in [5, 5.41) is 11.0. The molecule has 1 unspecified atom stereocenters. The average Bonchev–Trinajstić information content (AvgIpc) is 3.45. The number of benzene rings is 1. The Labute approximate surface area is 266 Å². The van der Waals surface area contributed by atoms with Crippen LogP contribution in [-0.4, -0.2) is 112 Å². The second-order valence-corrected chi connectivity index (χ2v) is 12.4. The van der Waals surface area contributed by atoms with Gasteiger partial charge in [0.2, 0.25) is 11.9 Å². The van der Waals surface area contributed by atoms with Gasteiger partial charge in [0.15, 0.2) is 5.65 Å². The van der Waals surface area contributed by atoms with Gasteiger partial charge in [0.1, 0.15) is 6.10 Å². The molecule has 0 saturated carbocycles. The average molecular weight is 620 g/mol. The van der Waals surface area contributed by atoms with Crippen molar-refractivity contribution in [2.24, 2.45) is 0 Å². The SMILES string of the molecule is CCN(C)CCC(C)Oc1nc(NC2CCN(C(=O)c3ccc(NC(=O)/C=C/CN(C)C)cc3)CC2)n2ncc(C(C)C)c2n1. The topological polar surface area (TPSA) is 120 Å². The van der Waals surface area contributed by atoms with Crippen molar-refractivity contribution in [3.63, 3.8) is 0 Å². The largest absolute Gasteiger partial charge is 0.460 e. The van der Waals surface area contributed by atoms with E-state index in [-0.39, 0.29) is 29.9 Å². The summed E-state index contributed by atoms with van der Waals surface area (Å²) in [4.78, 5) is 41.0. The molecule has 3 heterocycles. The van der Waals surface area contributed by atoms with Crippen molar-refractivity contribution in [2.75, 3.05) is 64.5 Å². The molecule has 1 saturated heterocycles. The van der Waals surface area contributed by atoms with Crippen molar-refractivity contribution in [3.8, 4) is 6.01 Å². The second-order valence-electron chi connectivity index (χ2n) is 12.4. The van der Waals surface area contributed by atoms with E-state index in [2.05, 4.69) is 48.5 Å². The molecule has 2 amide bonds. The molecule has 0 bridgehead atoms. The number of ether oxygens (including phenoxy) is 1. The third kappa shape index (κ3) is 9.48. The predicted octanol–water partition coefficient (Wildman–Crippen LogP) is 4.13. The van der Waals surface area contributed by atoms with Crippen LogP contribution in [0.3, 0.4) is 0 Å². The number of amides is 2. The minimum atomic E-state index is -0.199. The second kappa shape index (κ2) is 15.8. The first kappa shape index (κ1) is 33.9. The van der Waals surface area contributed by atoms with Crippen molar-refractivity contribution in [2.45, 2.75) is 65.0 Å². The Kier molecular flexibility index (Phi) is 11.9. The smallest absolute Gasteiger partial charge is 0.322 e. The van der Waals surface area contributed by atoms with Gasteiger partial charge in [-0.25, -0.2) is 0 Å². The summed E-state index contributed by atoms with van der Waals surface area (Å²) < 4.78 is 7.95. The number of piperidine rings is 1. The summed E-state index contributed by atoms with van der Waals surface area (Å²) in [6.45, 7) is 12.3. The number of likely N-dealkylation sites (N-methyl/N-ethyl adjacent to an activating group) is 1. The van der Waals surface area contributed by atoms with Gasteiger partial charge in [0.05, 0.1) is 6.20 Å². The molecule has 4 rings (SSSR count). The number of rotatable bonds is 14. The molecule has 12 heteroatoms. The number of nitrogens with zero attached hydrogens (tertiary/aromatic N) is 7. The van der Waals surface area contributed by atoms with Crippen LogP contribution in [0, 0.1) is 0 Å². The van der Waals surface area contributed by atoms with Crippen molar-refractivity contribution >= 4 is 29.1 Å². The molecule has 2 N–H and O–H groups in total. The number of hydrogen-bond acceptors (Lipinski definition) is 9. The molecule has 1 aliphatic heterocycles. The molecule has 12 nitrogen and oxygen atoms in total. The normalized spacial score (nSPS) is 15.0. The fourth-order valence-corrected chi connectivity index (χ4v) is 5.07. The Morgan fingerprint density at radius 3 is 2.44 bits per heavy atom. The Balaban J connectivity index is 1.37. The highest BCUT2D eigenvalue weighted by Gasteiger charge is 2.26. The molecule has 45 heavy (non-hydrogen) atoms. The van der Waals surface area contributed by atoms with Gasteiger partial charge in [-0.05, 0) is 84.1 Å². The molecule has 2 aromatic heterocycles. The molecule has 1 fully saturated rings. The standard InChI is InChI=1S/C33H49N9O3/c1-8-40(7)19-15-24(4)45-33-37-30-28(23(2)3)22-34-42(30)32(38-33)36-27-16-20-41(21-17-27)31(44)25-11-13-26(14-12-25)35-29(43)10-9-18-39(5)6/h9-14,22-24,27H,8,15-21H2,1-7H3,(H,35,43)(H,36,37,38)/b10-9+. The van der Waals surface area contributed by atoms with Crippen LogP contribution in [0.1, 0.15) is 68.8 Å². The van der Waals surface area contributed by atoms with Gasteiger partial charge in [-0.1, -0.05) is 26.8 Å². The Morgan fingerprint density at radius 1 is 1.09 bits per heavy atom. The summed E-state index contributed by atoms with van der Waals surface area (Å²) in [6, 6.07) is 7.50. The minimum Gasteiger partial charge on any atom is -0.460 e. The summed E-state index contributed by atoms with van der Waals surface area (Å²) in [6.07, 6.45) is 7.53. The zero-order chi connectivity index (χ0) is 32.5. The lowest BCUT2D eigenvalue weighted by Crippen LogP contribution is -2.42. The molecule has 244 valence electrons. The molecular weight excluding hydrogens is 570 g/mol. The van der Waals surface area contributed by atoms with Crippen LogP contribution in [0.2, 0.25) is 0 Å². The van der Waals surface area contributed by atoms with Gasteiger partial charge in [-0.15, -0.1) is 0 Å². The van der Waals surface area contributed by atoms with Gasteiger partial charge in [-0.2, -0.15) is 19.6 Å². The third-order valence-corrected chi connectivity index (χ3v) is 8.02. The number of fused-ring (bicyclic) bond motifs is 1. The first-order chi connectivity index (χ1) is 21.5. The van der Waals surface area contributed by atoms with E-state index in [0.717, 1.165) is 43.6 Å². The summed E-state index contributed by atoms with van der Waals surface area (Å²) in [5.74, 6) is 0.626. The van der Waals surface area contributed by atoms with Gasteiger partial charge < -0.3 is 30.1 Å². The van der Waals surface area contributed by atoms with Crippen LogP contribution in [0.5, 0.6) is 6.01 Å². The zero-order valence-electron chi connectivity index (χ0n) is 27.8. The molecular formula is C33H49N9O3. The highest BCUT2D eigenvalue weighted by atomic mass is 16.5. The van der Waals surface area contributed by atoms with E-state index >= 15 is 0 Å². The number of carbonyl (C=O) groups is 2. The maximum Gasteiger partial charge on any atom is 0.322 e. The van der Waals surface area contributed by atoms with E-state index < -0.39 is 0 Å². The fraction of sp³-hybridized carbons (Fsp3) is 0.545. The van der Waals surface area contributed by atoms with E-state index in [1.165, 1.54) is 6.08 Å². The van der Waals surface area contributed by atoms with Crippen LogP contribution < -0.4 is 15.4 Å². The van der Waals surface area contributed by atoms with Gasteiger partial charge in [-0.3, -0.25) is 9.59 Å². The third-order valence-electron chi connectivity index (χ3n) is 8.02. The fourth-order valence-electron chi connectivity index (χ4n) is 5.07. The van der Waals surface area contributed by atoms with E-state index in [1.54, 1.807) is 34.9 Å². The predicted molar refractivity (Wildman–Crippen MR) is 178 cm³/mol. The molecule has 0 aliphatic carbocycles. The first-order valence-corrected chi connectivity index (χ1v) is 15.9. The maximum absolute atomic E-state index is 13.3. The lowest BCUT2D eigenvalue weighted by atomic mass is 10.0. The highest BCUT2D eigenvalue weighted by Crippen LogP contribution is 2.25. The summed E-state index contributed by atoms with van der Waals surface area (Å²) in [5.41, 5.74) is 3.02. The van der Waals surface area contributed by atoms with E-state index in [1.807, 2.05) is 37.0 Å². The minimum absolute atomic E-state index is 0.0197. The number of anilines is 2. The van der Waals surface area contributed by atoms with Crippen LogP contribution >= 0.6 is 0 Å². The maximum atomic E-state index is 13.3. The molecule has 0 radical (unpaired) electrons. The number of carbonyl (C=O) groups excluding carboxylic acids is 2. The quantitative estimate of drug-likeness (QED) is 0.257. The van der Waals surface area contributed by atoms with Crippen LogP contribution in [0.4, 0.5) is 11.6 Å². The van der Waals surface area contributed by atoms with E-state index in [0.29, 0.717) is 42.8 Å². The summed E-state index contributed by atoms with van der Waals surface area (Å²) >= 11 is 0. The molecule has 1 aromatic carbocycles. The van der Waals surface area contributed by atoms with Crippen LogP contribution in [-0.2, 0) is 4.79 Å². The molecule has 0 spiro atoms. The van der Waals surface area contributed by atoms with Crippen LogP contribution in [0.15, 0.2) is 42.6 Å². The molecule has 3 aromatic rings. The Morgan fingerprint density at radius 2 is 1.80 bits per heavy atom. The highest BCUT2D eigenvalue weighted by molar-refractivity contribution is 6.00. The lowest BCUT2D eigenvalue weighted by Gasteiger charge is -2.32. The Hall–Kier alpha value is -4.03. The number of aromatic nitrogens is 4. The van der Waals surface area contributed by atoms with Gasteiger partial charge in [0.25, 0.3) is 5.91 Å². The van der Waals surface area contributed by atoms with Crippen molar-refractivity contribution in [1.82, 2.24) is 34.3 Å². The first-order valence-electron chi connectivity index (χ1n) is 15.9. The lowest BCUT2D eigenvalue weighted by molar-refractivity contribution is -0.111. The number of nitrogens with one attached hydrogen (secondary N) is 2. The Bertz CT molecular complexity index is 1440. The summed E-state index contributed by atoms with van der Waals surface area (Å²) in [7, 11) is 5.98. The van der Waals surface area contributed by atoms with Gasteiger partial charge >= 0.3 is 6.01 Å². The van der Waals surface area contributed by atoms with Crippen molar-refractivity contribution < 1.29 is 14.3 Å². The zero-order valence-corrected chi connectivity index (χ0v) is 27.8.